The van der Waals surface area contributed by atoms with E-state index in [9.17, 15) is 19.2 Å². The molecule has 0 saturated carbocycles. The molecular weight excluding hydrogens is 436 g/mol. The Bertz CT molecular complexity index is 706. The Morgan fingerprint density at radius 1 is 0.968 bits per heavy atom. The van der Waals surface area contributed by atoms with Crippen molar-refractivity contribution in [3.63, 3.8) is 0 Å². The second-order valence-electron chi connectivity index (χ2n) is 6.26. The van der Waals surface area contributed by atoms with Crippen molar-refractivity contribution in [2.75, 3.05) is 32.0 Å². The summed E-state index contributed by atoms with van der Waals surface area (Å²) in [6.07, 6.45) is -2.29. The highest BCUT2D eigenvalue weighted by Crippen LogP contribution is 2.15. The number of ether oxygens (including phenoxy) is 1. The molecule has 0 bridgehead atoms. The maximum Gasteiger partial charge on any atom is 0.338 e. The number of carboxylic acid groups (broad SMARTS) is 3. The number of carbonyl (C=O) groups is 4. The molecule has 0 aliphatic carbocycles. The number of likely N-dealkylation sites (N-methyl/N-ethyl adjacent to an activating group) is 1. The first-order valence-electron chi connectivity index (χ1n) is 9.09. The zero-order valence-corrected chi connectivity index (χ0v) is 18.1. The van der Waals surface area contributed by atoms with Gasteiger partial charge >= 0.3 is 23.9 Å². The first kappa shape index (κ1) is 30.3. The summed E-state index contributed by atoms with van der Waals surface area (Å²) in [6, 6.07) is 6.74. The van der Waals surface area contributed by atoms with Crippen LogP contribution in [0.25, 0.3) is 0 Å². The number of benzene rings is 1. The molecule has 0 unspecified atom stereocenters. The lowest BCUT2D eigenvalue weighted by Gasteiger charge is -2.18. The number of hydrogen-bond donors (Lipinski definition) is 5. The minimum atomic E-state index is -2.74. The molecule has 11 nitrogen and oxygen atoms in total. The summed E-state index contributed by atoms with van der Waals surface area (Å²) in [6.45, 7) is 7.31. The maximum atomic E-state index is 11.6. The summed E-state index contributed by atoms with van der Waals surface area (Å²) in [5, 5.41) is 33.8. The zero-order valence-electron chi connectivity index (χ0n) is 17.3. The van der Waals surface area contributed by atoms with Crippen LogP contribution in [0.3, 0.4) is 0 Å². The van der Waals surface area contributed by atoms with E-state index in [0.717, 1.165) is 19.6 Å². The highest BCUT2D eigenvalue weighted by atomic mass is 35.5. The summed E-state index contributed by atoms with van der Waals surface area (Å²) in [5.74, 6) is -5.31. The van der Waals surface area contributed by atoms with Gasteiger partial charge in [-0.25, -0.2) is 9.59 Å². The summed E-state index contributed by atoms with van der Waals surface area (Å²) in [5.41, 5.74) is 3.99. The predicted molar refractivity (Wildman–Crippen MR) is 113 cm³/mol. The van der Waals surface area contributed by atoms with Crippen LogP contribution < -0.4 is 5.73 Å². The minimum Gasteiger partial charge on any atom is -0.481 e. The Hall–Kier alpha value is -2.89. The maximum absolute atomic E-state index is 11.6. The van der Waals surface area contributed by atoms with E-state index in [-0.39, 0.29) is 18.4 Å². The number of nitrogens with two attached hydrogens (primary N) is 1. The average Bonchev–Trinajstić information content (AvgIpc) is 2.64. The van der Waals surface area contributed by atoms with Crippen LogP contribution >= 0.6 is 12.4 Å². The lowest BCUT2D eigenvalue weighted by atomic mass is 9.96. The first-order valence-corrected chi connectivity index (χ1v) is 9.09. The van der Waals surface area contributed by atoms with Crippen LogP contribution in [-0.4, -0.2) is 81.0 Å². The summed E-state index contributed by atoms with van der Waals surface area (Å²) in [4.78, 5) is 44.3. The number of halogens is 1. The molecule has 6 N–H and O–H groups in total. The van der Waals surface area contributed by atoms with Crippen LogP contribution in [0, 0.1) is 0 Å². The normalized spacial score (nSPS) is 10.3. The molecule has 0 spiro atoms. The standard InChI is InChI=1S/C13H20N2O2.C6H8O7.ClH/c1-3-15(4-2)9-10-17-13(16)11-5-7-12(14)8-6-11;7-3(8)1-6(13,5(11)12)2-4(9)10;/h5-8H,3-4,9-10,14H2,1-2H3;13H,1-2H2,(H,7,8)(H,9,10)(H,11,12);1H. The van der Waals surface area contributed by atoms with E-state index in [0.29, 0.717) is 17.9 Å². The van der Waals surface area contributed by atoms with Gasteiger partial charge in [-0.3, -0.25) is 9.59 Å². The van der Waals surface area contributed by atoms with E-state index in [1.54, 1.807) is 24.3 Å². The molecule has 31 heavy (non-hydrogen) atoms. The molecule has 0 atom stereocenters. The van der Waals surface area contributed by atoms with Crippen LogP contribution in [-0.2, 0) is 19.1 Å². The number of anilines is 1. The molecule has 0 amide bonds. The Morgan fingerprint density at radius 3 is 1.77 bits per heavy atom. The van der Waals surface area contributed by atoms with Gasteiger partial charge in [0, 0.05) is 12.2 Å². The number of nitrogen functional groups attached to an aromatic ring is 1. The lowest BCUT2D eigenvalue weighted by molar-refractivity contribution is -0.170. The third-order valence-corrected chi connectivity index (χ3v) is 3.97. The van der Waals surface area contributed by atoms with E-state index in [1.807, 2.05) is 0 Å². The van der Waals surface area contributed by atoms with Crippen molar-refractivity contribution in [2.24, 2.45) is 0 Å². The summed E-state index contributed by atoms with van der Waals surface area (Å²) in [7, 11) is 0. The molecule has 0 heterocycles. The molecule has 1 aromatic carbocycles. The van der Waals surface area contributed by atoms with Gasteiger partial charge in [-0.05, 0) is 37.4 Å². The van der Waals surface area contributed by atoms with Gasteiger partial charge < -0.3 is 35.8 Å². The average molecular weight is 465 g/mol. The number of rotatable bonds is 11. The van der Waals surface area contributed by atoms with Crippen molar-refractivity contribution in [3.05, 3.63) is 29.8 Å². The molecule has 1 rings (SSSR count). The van der Waals surface area contributed by atoms with Crippen molar-refractivity contribution >= 4 is 42.0 Å². The van der Waals surface area contributed by atoms with Crippen LogP contribution in [0.15, 0.2) is 24.3 Å². The molecule has 0 fully saturated rings. The second kappa shape index (κ2) is 15.0. The van der Waals surface area contributed by atoms with Gasteiger partial charge in [0.1, 0.15) is 6.61 Å². The summed E-state index contributed by atoms with van der Waals surface area (Å²) < 4.78 is 5.18. The largest absolute Gasteiger partial charge is 0.481 e. The van der Waals surface area contributed by atoms with Gasteiger partial charge in [-0.15, -0.1) is 12.4 Å². The van der Waals surface area contributed by atoms with Crippen molar-refractivity contribution in [3.8, 4) is 0 Å². The quantitative estimate of drug-likeness (QED) is 0.231. The number of hydrogen-bond acceptors (Lipinski definition) is 8. The fourth-order valence-corrected chi connectivity index (χ4v) is 2.22. The van der Waals surface area contributed by atoms with Crippen molar-refractivity contribution in [1.82, 2.24) is 4.90 Å². The van der Waals surface area contributed by atoms with Gasteiger partial charge in [-0.1, -0.05) is 13.8 Å². The first-order chi connectivity index (χ1) is 13.9. The fraction of sp³-hybridized carbons (Fsp3) is 0.474. The zero-order chi connectivity index (χ0) is 23.3. The highest BCUT2D eigenvalue weighted by molar-refractivity contribution is 5.89. The molecule has 0 aliphatic rings. The Morgan fingerprint density at radius 2 is 1.42 bits per heavy atom. The molecule has 0 aromatic heterocycles. The molecule has 1 aromatic rings. The molecular formula is C19H29ClN2O9. The molecule has 176 valence electrons. The van der Waals surface area contributed by atoms with Gasteiger partial charge in [-0.2, -0.15) is 0 Å². The number of nitrogens with zero attached hydrogens (tertiary/aromatic N) is 1. The monoisotopic (exact) mass is 464 g/mol. The van der Waals surface area contributed by atoms with Crippen molar-refractivity contribution < 1.29 is 44.3 Å². The van der Waals surface area contributed by atoms with Gasteiger partial charge in [0.2, 0.25) is 0 Å². The van der Waals surface area contributed by atoms with E-state index in [4.69, 9.17) is 30.9 Å². The number of carbonyl (C=O) groups excluding carboxylic acids is 1. The van der Waals surface area contributed by atoms with Crippen molar-refractivity contribution in [2.45, 2.75) is 32.3 Å². The highest BCUT2D eigenvalue weighted by Gasteiger charge is 2.40. The predicted octanol–water partition coefficient (Wildman–Crippen LogP) is 0.941. The number of aliphatic hydroxyl groups is 1. The lowest BCUT2D eigenvalue weighted by Crippen LogP contribution is -2.42. The molecule has 0 radical (unpaired) electrons. The van der Waals surface area contributed by atoms with Crippen LogP contribution in [0.2, 0.25) is 0 Å². The topological polar surface area (TPSA) is 188 Å². The second-order valence-corrected chi connectivity index (χ2v) is 6.26. The van der Waals surface area contributed by atoms with E-state index >= 15 is 0 Å². The molecule has 12 heteroatoms. The Labute approximate surface area is 185 Å². The summed E-state index contributed by atoms with van der Waals surface area (Å²) >= 11 is 0. The third-order valence-electron chi connectivity index (χ3n) is 3.97. The smallest absolute Gasteiger partial charge is 0.338 e. The van der Waals surface area contributed by atoms with Gasteiger partial charge in [0.25, 0.3) is 0 Å². The molecule has 0 saturated heterocycles. The van der Waals surface area contributed by atoms with Crippen LogP contribution in [0.5, 0.6) is 0 Å². The van der Waals surface area contributed by atoms with Gasteiger partial charge in [0.15, 0.2) is 5.60 Å². The SMILES string of the molecule is CCN(CC)CCOC(=O)c1ccc(N)cc1.Cl.O=C(O)CC(O)(CC(=O)O)C(=O)O. The molecule has 0 aliphatic heterocycles. The van der Waals surface area contributed by atoms with Crippen molar-refractivity contribution in [1.29, 1.82) is 0 Å². The van der Waals surface area contributed by atoms with E-state index in [2.05, 4.69) is 18.7 Å². The van der Waals surface area contributed by atoms with E-state index < -0.39 is 36.4 Å². The van der Waals surface area contributed by atoms with Crippen LogP contribution in [0.1, 0.15) is 37.0 Å². The number of carboxylic acids is 3. The Balaban J connectivity index is 0. The van der Waals surface area contributed by atoms with E-state index in [1.165, 1.54) is 0 Å². The number of esters is 1. The Kier molecular flexibility index (Phi) is 14.7. The number of aliphatic carboxylic acids is 3. The fourth-order valence-electron chi connectivity index (χ4n) is 2.22. The van der Waals surface area contributed by atoms with Gasteiger partial charge in [0.05, 0.1) is 18.4 Å². The van der Waals surface area contributed by atoms with Crippen LogP contribution in [0.4, 0.5) is 5.69 Å². The minimum absolute atomic E-state index is 0. The third kappa shape index (κ3) is 12.4.